The Morgan fingerprint density at radius 2 is 2.00 bits per heavy atom. The Morgan fingerprint density at radius 3 is 2.59 bits per heavy atom. The molecule has 1 aromatic heterocycles. The average Bonchev–Trinajstić information content (AvgIpc) is 2.70. The molecular formula is C16H19I2N3O. The van der Waals surface area contributed by atoms with Crippen molar-refractivity contribution in [3.8, 4) is 0 Å². The zero-order valence-corrected chi connectivity index (χ0v) is 17.2. The van der Waals surface area contributed by atoms with Crippen LogP contribution in [0.1, 0.15) is 29.8 Å². The Labute approximate surface area is 158 Å². The molecule has 0 saturated heterocycles. The number of halogens is 2. The molecule has 0 bridgehead atoms. The highest BCUT2D eigenvalue weighted by Gasteiger charge is 2.09. The summed E-state index contributed by atoms with van der Waals surface area (Å²) >= 11 is 4.58. The number of aromatic nitrogens is 2. The Morgan fingerprint density at radius 1 is 1.27 bits per heavy atom. The van der Waals surface area contributed by atoms with Gasteiger partial charge in [0.05, 0.1) is 9.26 Å². The van der Waals surface area contributed by atoms with Gasteiger partial charge in [-0.15, -0.1) is 0 Å². The molecule has 0 fully saturated rings. The number of nitrogens with zero attached hydrogens (tertiary/aromatic N) is 2. The molecule has 2 aromatic rings. The summed E-state index contributed by atoms with van der Waals surface area (Å²) in [6.45, 7) is 6.86. The molecule has 0 aliphatic rings. The zero-order chi connectivity index (χ0) is 16.3. The second kappa shape index (κ2) is 7.76. The van der Waals surface area contributed by atoms with E-state index < -0.39 is 0 Å². The van der Waals surface area contributed by atoms with E-state index in [1.54, 1.807) is 0 Å². The summed E-state index contributed by atoms with van der Waals surface area (Å²) in [6, 6.07) is 6.02. The third-order valence-electron chi connectivity index (χ3n) is 3.53. The Bertz CT molecular complexity index is 695. The molecule has 0 unspecified atom stereocenters. The molecule has 1 heterocycles. The van der Waals surface area contributed by atoms with Crippen LogP contribution >= 0.6 is 45.2 Å². The van der Waals surface area contributed by atoms with Crippen molar-refractivity contribution >= 4 is 56.8 Å². The first-order valence-corrected chi connectivity index (χ1v) is 9.29. The van der Waals surface area contributed by atoms with Crippen molar-refractivity contribution in [1.29, 1.82) is 0 Å². The average molecular weight is 523 g/mol. The van der Waals surface area contributed by atoms with Crippen LogP contribution in [0.3, 0.4) is 0 Å². The van der Waals surface area contributed by atoms with E-state index in [1.807, 2.05) is 30.7 Å². The molecule has 1 amide bonds. The van der Waals surface area contributed by atoms with Gasteiger partial charge in [0.25, 0.3) is 0 Å². The number of aryl methyl sites for hydroxylation is 3. The second-order valence-electron chi connectivity index (χ2n) is 5.32. The van der Waals surface area contributed by atoms with E-state index in [9.17, 15) is 4.79 Å². The van der Waals surface area contributed by atoms with Gasteiger partial charge in [0, 0.05) is 27.9 Å². The van der Waals surface area contributed by atoms with Gasteiger partial charge in [0.15, 0.2) is 0 Å². The van der Waals surface area contributed by atoms with Crippen LogP contribution in [0.5, 0.6) is 0 Å². The number of benzene rings is 1. The van der Waals surface area contributed by atoms with E-state index in [4.69, 9.17) is 0 Å². The van der Waals surface area contributed by atoms with Crippen molar-refractivity contribution < 1.29 is 4.79 Å². The minimum Gasteiger partial charge on any atom is -0.326 e. The van der Waals surface area contributed by atoms with E-state index in [2.05, 4.69) is 68.6 Å². The SMILES string of the molecule is Cc1cc(I)ccc1NC(=O)CCCn1nc(C)c(I)c1C. The third kappa shape index (κ3) is 4.43. The number of amides is 1. The summed E-state index contributed by atoms with van der Waals surface area (Å²) in [6.07, 6.45) is 1.29. The third-order valence-corrected chi connectivity index (χ3v) is 5.76. The number of carbonyl (C=O) groups excluding carboxylic acids is 1. The molecule has 1 aromatic carbocycles. The summed E-state index contributed by atoms with van der Waals surface area (Å²) < 4.78 is 4.37. The highest BCUT2D eigenvalue weighted by atomic mass is 127. The molecule has 0 aliphatic heterocycles. The van der Waals surface area contributed by atoms with Crippen molar-refractivity contribution in [2.75, 3.05) is 5.32 Å². The van der Waals surface area contributed by atoms with E-state index >= 15 is 0 Å². The lowest BCUT2D eigenvalue weighted by atomic mass is 10.2. The second-order valence-corrected chi connectivity index (χ2v) is 7.64. The summed E-state index contributed by atoms with van der Waals surface area (Å²) in [5, 5.41) is 7.47. The topological polar surface area (TPSA) is 46.9 Å². The van der Waals surface area contributed by atoms with Crippen LogP contribution in [-0.2, 0) is 11.3 Å². The van der Waals surface area contributed by atoms with Gasteiger partial charge in [-0.1, -0.05) is 0 Å². The summed E-state index contributed by atoms with van der Waals surface area (Å²) in [7, 11) is 0. The molecule has 1 N–H and O–H groups in total. The number of hydrogen-bond donors (Lipinski definition) is 1. The highest BCUT2D eigenvalue weighted by Crippen LogP contribution is 2.18. The minimum absolute atomic E-state index is 0.0561. The van der Waals surface area contributed by atoms with E-state index in [-0.39, 0.29) is 5.91 Å². The van der Waals surface area contributed by atoms with Gasteiger partial charge in [-0.2, -0.15) is 5.10 Å². The zero-order valence-electron chi connectivity index (χ0n) is 12.9. The van der Waals surface area contributed by atoms with E-state index in [1.165, 1.54) is 12.8 Å². The van der Waals surface area contributed by atoms with Crippen LogP contribution in [0.4, 0.5) is 5.69 Å². The highest BCUT2D eigenvalue weighted by molar-refractivity contribution is 14.1. The lowest BCUT2D eigenvalue weighted by Crippen LogP contribution is -2.14. The smallest absolute Gasteiger partial charge is 0.224 e. The fraction of sp³-hybridized carbons (Fsp3) is 0.375. The van der Waals surface area contributed by atoms with Crippen LogP contribution in [0.15, 0.2) is 18.2 Å². The quantitative estimate of drug-likeness (QED) is 0.590. The van der Waals surface area contributed by atoms with Crippen LogP contribution in [0.2, 0.25) is 0 Å². The normalized spacial score (nSPS) is 10.8. The van der Waals surface area contributed by atoms with Crippen LogP contribution in [-0.4, -0.2) is 15.7 Å². The van der Waals surface area contributed by atoms with Gasteiger partial charge in [0.1, 0.15) is 0 Å². The van der Waals surface area contributed by atoms with Crippen LogP contribution in [0, 0.1) is 27.9 Å². The molecule has 4 nitrogen and oxygen atoms in total. The number of nitrogens with one attached hydrogen (secondary N) is 1. The van der Waals surface area contributed by atoms with Gasteiger partial charge < -0.3 is 5.32 Å². The molecule has 0 spiro atoms. The molecule has 6 heteroatoms. The molecule has 0 radical (unpaired) electrons. The maximum absolute atomic E-state index is 12.1. The fourth-order valence-corrected chi connectivity index (χ4v) is 3.30. The van der Waals surface area contributed by atoms with E-state index in [0.29, 0.717) is 6.42 Å². The summed E-state index contributed by atoms with van der Waals surface area (Å²) in [4.78, 5) is 12.1. The van der Waals surface area contributed by atoms with Gasteiger partial charge in [-0.05, 0) is 96.1 Å². The molecule has 0 saturated carbocycles. The fourth-order valence-electron chi connectivity index (χ4n) is 2.26. The molecule has 22 heavy (non-hydrogen) atoms. The maximum atomic E-state index is 12.1. The van der Waals surface area contributed by atoms with Gasteiger partial charge in [-0.3, -0.25) is 9.48 Å². The van der Waals surface area contributed by atoms with Crippen molar-refractivity contribution in [2.45, 2.75) is 40.2 Å². The number of anilines is 1. The lowest BCUT2D eigenvalue weighted by Gasteiger charge is -2.09. The first-order chi connectivity index (χ1) is 10.4. The summed E-state index contributed by atoms with van der Waals surface area (Å²) in [5.74, 6) is 0.0561. The van der Waals surface area contributed by atoms with Gasteiger partial charge in [0.2, 0.25) is 5.91 Å². The minimum atomic E-state index is 0.0561. The Hall–Kier alpha value is -0.640. The maximum Gasteiger partial charge on any atom is 0.224 e. The van der Waals surface area contributed by atoms with Gasteiger partial charge in [-0.25, -0.2) is 0 Å². The Balaban J connectivity index is 1.86. The van der Waals surface area contributed by atoms with E-state index in [0.717, 1.165) is 29.9 Å². The first-order valence-electron chi connectivity index (χ1n) is 7.14. The Kier molecular flexibility index (Phi) is 6.25. The molecule has 0 atom stereocenters. The largest absolute Gasteiger partial charge is 0.326 e. The standard InChI is InChI=1S/C16H19I2N3O/c1-10-9-13(17)6-7-14(10)19-15(22)5-4-8-21-12(3)16(18)11(2)20-21/h6-7,9H,4-5,8H2,1-3H3,(H,19,22). The predicted molar refractivity (Wildman–Crippen MR) is 106 cm³/mol. The number of hydrogen-bond acceptors (Lipinski definition) is 2. The summed E-state index contributed by atoms with van der Waals surface area (Å²) in [5.41, 5.74) is 4.21. The lowest BCUT2D eigenvalue weighted by molar-refractivity contribution is -0.116. The van der Waals surface area contributed by atoms with Crippen molar-refractivity contribution in [1.82, 2.24) is 9.78 Å². The monoisotopic (exact) mass is 523 g/mol. The van der Waals surface area contributed by atoms with Crippen LogP contribution in [0.25, 0.3) is 0 Å². The first kappa shape index (κ1) is 17.7. The van der Waals surface area contributed by atoms with Crippen LogP contribution < -0.4 is 5.32 Å². The van der Waals surface area contributed by atoms with Crippen molar-refractivity contribution in [3.05, 3.63) is 42.3 Å². The van der Waals surface area contributed by atoms with Crippen molar-refractivity contribution in [3.63, 3.8) is 0 Å². The predicted octanol–water partition coefficient (Wildman–Crippen LogP) is 4.44. The molecule has 118 valence electrons. The van der Waals surface area contributed by atoms with Gasteiger partial charge >= 0.3 is 0 Å². The molecule has 0 aliphatic carbocycles. The number of carbonyl (C=O) groups is 1. The molecular weight excluding hydrogens is 504 g/mol. The number of rotatable bonds is 5. The molecule has 2 rings (SSSR count). The van der Waals surface area contributed by atoms with Crippen molar-refractivity contribution in [2.24, 2.45) is 0 Å².